The van der Waals surface area contributed by atoms with E-state index in [1.54, 1.807) is 31.3 Å². The van der Waals surface area contributed by atoms with E-state index in [0.717, 1.165) is 6.07 Å². The fourth-order valence-electron chi connectivity index (χ4n) is 1.73. The van der Waals surface area contributed by atoms with Crippen molar-refractivity contribution in [3.8, 4) is 0 Å². The molecule has 0 saturated carbocycles. The molecule has 0 bridgehead atoms. The van der Waals surface area contributed by atoms with Crippen LogP contribution in [0.25, 0.3) is 0 Å². The molecule has 2 rings (SSSR count). The van der Waals surface area contributed by atoms with Crippen LogP contribution in [0.15, 0.2) is 53.7 Å². The minimum Gasteiger partial charge on any atom is -0.325 e. The zero-order valence-corrected chi connectivity index (χ0v) is 12.4. The SMILES string of the molecule is CC(Sc1ccccn1)C(=O)Nc1ccccc1C(F)(F)F. The van der Waals surface area contributed by atoms with E-state index in [1.165, 1.54) is 30.0 Å². The first-order valence-corrected chi connectivity index (χ1v) is 7.30. The maximum absolute atomic E-state index is 12.9. The Labute approximate surface area is 129 Å². The molecular weight excluding hydrogens is 313 g/mol. The Morgan fingerprint density at radius 1 is 1.18 bits per heavy atom. The van der Waals surface area contributed by atoms with Gasteiger partial charge in [-0.3, -0.25) is 4.79 Å². The predicted molar refractivity (Wildman–Crippen MR) is 79.6 cm³/mol. The number of pyridine rings is 1. The minimum atomic E-state index is -4.51. The zero-order valence-electron chi connectivity index (χ0n) is 11.6. The summed E-state index contributed by atoms with van der Waals surface area (Å²) in [7, 11) is 0. The highest BCUT2D eigenvalue weighted by Gasteiger charge is 2.33. The molecule has 7 heteroatoms. The van der Waals surface area contributed by atoms with Gasteiger partial charge in [0.05, 0.1) is 21.5 Å². The van der Waals surface area contributed by atoms with Crippen LogP contribution in [0, 0.1) is 0 Å². The number of aromatic nitrogens is 1. The maximum Gasteiger partial charge on any atom is 0.418 e. The van der Waals surface area contributed by atoms with E-state index in [0.29, 0.717) is 5.03 Å². The Morgan fingerprint density at radius 3 is 2.50 bits per heavy atom. The molecule has 0 radical (unpaired) electrons. The number of benzene rings is 1. The summed E-state index contributed by atoms with van der Waals surface area (Å²) in [4.78, 5) is 16.1. The summed E-state index contributed by atoms with van der Waals surface area (Å²) in [6, 6.07) is 10.2. The number of anilines is 1. The molecule has 116 valence electrons. The number of hydrogen-bond acceptors (Lipinski definition) is 3. The van der Waals surface area contributed by atoms with Gasteiger partial charge >= 0.3 is 6.18 Å². The van der Waals surface area contributed by atoms with Crippen molar-refractivity contribution in [2.45, 2.75) is 23.4 Å². The molecule has 0 fully saturated rings. The minimum absolute atomic E-state index is 0.242. The molecular formula is C15H13F3N2OS. The summed E-state index contributed by atoms with van der Waals surface area (Å²) < 4.78 is 38.6. The van der Waals surface area contributed by atoms with Gasteiger partial charge in [0.2, 0.25) is 5.91 Å². The quantitative estimate of drug-likeness (QED) is 0.856. The van der Waals surface area contributed by atoms with Crippen LogP contribution in [0.4, 0.5) is 18.9 Å². The van der Waals surface area contributed by atoms with Crippen molar-refractivity contribution in [1.29, 1.82) is 0 Å². The van der Waals surface area contributed by atoms with E-state index in [4.69, 9.17) is 0 Å². The highest BCUT2D eigenvalue weighted by molar-refractivity contribution is 8.00. The largest absolute Gasteiger partial charge is 0.418 e. The molecule has 1 heterocycles. The lowest BCUT2D eigenvalue weighted by Crippen LogP contribution is -2.24. The topological polar surface area (TPSA) is 42.0 Å². The highest BCUT2D eigenvalue weighted by atomic mass is 32.2. The summed E-state index contributed by atoms with van der Waals surface area (Å²) in [6.45, 7) is 1.62. The van der Waals surface area contributed by atoms with Crippen LogP contribution >= 0.6 is 11.8 Å². The maximum atomic E-state index is 12.9. The van der Waals surface area contributed by atoms with Gasteiger partial charge in [0.15, 0.2) is 0 Å². The van der Waals surface area contributed by atoms with Crippen LogP contribution in [-0.2, 0) is 11.0 Å². The molecule has 0 aliphatic carbocycles. The van der Waals surface area contributed by atoms with E-state index in [9.17, 15) is 18.0 Å². The van der Waals surface area contributed by atoms with E-state index in [1.807, 2.05) is 0 Å². The number of carbonyl (C=O) groups excluding carboxylic acids is 1. The number of halogens is 3. The van der Waals surface area contributed by atoms with Crippen molar-refractivity contribution in [1.82, 2.24) is 4.98 Å². The molecule has 0 spiro atoms. The third kappa shape index (κ3) is 4.24. The first-order valence-electron chi connectivity index (χ1n) is 6.42. The lowest BCUT2D eigenvalue weighted by atomic mass is 10.1. The average molecular weight is 326 g/mol. The second kappa shape index (κ2) is 6.83. The third-order valence-corrected chi connectivity index (χ3v) is 3.85. The van der Waals surface area contributed by atoms with Crippen LogP contribution < -0.4 is 5.32 Å². The van der Waals surface area contributed by atoms with E-state index >= 15 is 0 Å². The summed E-state index contributed by atoms with van der Waals surface area (Å²) in [6.07, 6.45) is -2.92. The van der Waals surface area contributed by atoms with Gasteiger partial charge in [-0.1, -0.05) is 30.0 Å². The number of hydrogen-bond donors (Lipinski definition) is 1. The van der Waals surface area contributed by atoms with E-state index in [-0.39, 0.29) is 5.69 Å². The molecule has 1 aromatic heterocycles. The summed E-state index contributed by atoms with van der Waals surface area (Å²) in [5.74, 6) is -0.507. The Kier molecular flexibility index (Phi) is 5.07. The highest BCUT2D eigenvalue weighted by Crippen LogP contribution is 2.35. The van der Waals surface area contributed by atoms with Crippen LogP contribution in [0.1, 0.15) is 12.5 Å². The number of rotatable bonds is 4. The summed E-state index contributed by atoms with van der Waals surface area (Å²) in [5.41, 5.74) is -1.10. The zero-order chi connectivity index (χ0) is 16.2. The number of alkyl halides is 3. The smallest absolute Gasteiger partial charge is 0.325 e. The van der Waals surface area contributed by atoms with Crippen LogP contribution in [0.2, 0.25) is 0 Å². The van der Waals surface area contributed by atoms with Gasteiger partial charge < -0.3 is 5.32 Å². The first kappa shape index (κ1) is 16.4. The van der Waals surface area contributed by atoms with Gasteiger partial charge in [0.25, 0.3) is 0 Å². The van der Waals surface area contributed by atoms with Crippen molar-refractivity contribution in [2.24, 2.45) is 0 Å². The molecule has 1 amide bonds. The van der Waals surface area contributed by atoms with Gasteiger partial charge in [-0.15, -0.1) is 0 Å². The molecule has 22 heavy (non-hydrogen) atoms. The second-order valence-corrected chi connectivity index (χ2v) is 5.82. The molecule has 0 saturated heterocycles. The van der Waals surface area contributed by atoms with Crippen molar-refractivity contribution in [3.63, 3.8) is 0 Å². The van der Waals surface area contributed by atoms with Crippen LogP contribution in [-0.4, -0.2) is 16.1 Å². The van der Waals surface area contributed by atoms with Gasteiger partial charge in [0.1, 0.15) is 0 Å². The molecule has 1 unspecified atom stereocenters. The molecule has 1 N–H and O–H groups in total. The summed E-state index contributed by atoms with van der Waals surface area (Å²) >= 11 is 1.18. The Hall–Kier alpha value is -2.02. The lowest BCUT2D eigenvalue weighted by Gasteiger charge is -2.16. The molecule has 1 atom stereocenters. The Bertz CT molecular complexity index is 647. The van der Waals surface area contributed by atoms with Gasteiger partial charge in [-0.25, -0.2) is 4.98 Å². The number of carbonyl (C=O) groups is 1. The van der Waals surface area contributed by atoms with E-state index < -0.39 is 22.9 Å². The van der Waals surface area contributed by atoms with Crippen molar-refractivity contribution >= 4 is 23.4 Å². The number of para-hydroxylation sites is 1. The standard InChI is InChI=1S/C15H13F3N2OS/c1-10(22-13-8-4-5-9-19-13)14(21)20-12-7-3-2-6-11(12)15(16,17)18/h2-10H,1H3,(H,20,21). The third-order valence-electron chi connectivity index (χ3n) is 2.79. The Balaban J connectivity index is 2.09. The second-order valence-electron chi connectivity index (χ2n) is 4.46. The fourth-order valence-corrected chi connectivity index (χ4v) is 2.53. The normalized spacial score (nSPS) is 12.7. The first-order chi connectivity index (χ1) is 10.4. The molecule has 3 nitrogen and oxygen atoms in total. The molecule has 2 aromatic rings. The fraction of sp³-hybridized carbons (Fsp3) is 0.200. The Morgan fingerprint density at radius 2 is 1.86 bits per heavy atom. The predicted octanol–water partition coefficient (Wildman–Crippen LogP) is 4.22. The van der Waals surface area contributed by atoms with E-state index in [2.05, 4.69) is 10.3 Å². The molecule has 0 aliphatic heterocycles. The van der Waals surface area contributed by atoms with Crippen molar-refractivity contribution in [3.05, 3.63) is 54.2 Å². The van der Waals surface area contributed by atoms with Gasteiger partial charge in [-0.05, 0) is 31.2 Å². The van der Waals surface area contributed by atoms with Gasteiger partial charge in [-0.2, -0.15) is 13.2 Å². The number of thioether (sulfide) groups is 1. The van der Waals surface area contributed by atoms with Gasteiger partial charge in [0, 0.05) is 6.20 Å². The number of amides is 1. The summed E-state index contributed by atoms with van der Waals surface area (Å²) in [5, 5.41) is 2.39. The monoisotopic (exact) mass is 326 g/mol. The number of nitrogens with one attached hydrogen (secondary N) is 1. The molecule has 1 aromatic carbocycles. The van der Waals surface area contributed by atoms with Crippen LogP contribution in [0.5, 0.6) is 0 Å². The lowest BCUT2D eigenvalue weighted by molar-refractivity contribution is -0.137. The van der Waals surface area contributed by atoms with Crippen molar-refractivity contribution < 1.29 is 18.0 Å². The van der Waals surface area contributed by atoms with Crippen LogP contribution in [0.3, 0.4) is 0 Å². The average Bonchev–Trinajstić information content (AvgIpc) is 2.47. The van der Waals surface area contributed by atoms with Crippen molar-refractivity contribution in [2.75, 3.05) is 5.32 Å². The molecule has 0 aliphatic rings. The number of nitrogens with zero attached hydrogens (tertiary/aromatic N) is 1.